The van der Waals surface area contributed by atoms with Crippen LogP contribution in [0.4, 0.5) is 0 Å². The van der Waals surface area contributed by atoms with Gasteiger partial charge in [0, 0.05) is 32.2 Å². The molecule has 4 nitrogen and oxygen atoms in total. The van der Waals surface area contributed by atoms with Crippen LogP contribution >= 0.6 is 0 Å². The van der Waals surface area contributed by atoms with E-state index in [1.807, 2.05) is 27.7 Å². The van der Waals surface area contributed by atoms with Gasteiger partial charge in [-0.1, -0.05) is 20.8 Å². The summed E-state index contributed by atoms with van der Waals surface area (Å²) in [4.78, 5) is 12.2. The zero-order valence-electron chi connectivity index (χ0n) is 15.9. The molecule has 0 saturated carbocycles. The highest BCUT2D eigenvalue weighted by molar-refractivity contribution is 5.70. The van der Waals surface area contributed by atoms with Gasteiger partial charge in [0.25, 0.3) is 0 Å². The predicted octanol–water partition coefficient (Wildman–Crippen LogP) is 4.36. The first-order valence-electron chi connectivity index (χ1n) is 8.42. The highest BCUT2D eigenvalue weighted by atomic mass is 16.6. The Hall–Kier alpha value is -0.610. The predicted molar refractivity (Wildman–Crippen MR) is 90.0 cm³/mol. The maximum absolute atomic E-state index is 12.2. The second-order valence-electron chi connectivity index (χ2n) is 7.10. The summed E-state index contributed by atoms with van der Waals surface area (Å²) in [5.41, 5.74) is -1.29. The van der Waals surface area contributed by atoms with Gasteiger partial charge in [0.05, 0.1) is 5.60 Å². The lowest BCUT2D eigenvalue weighted by Crippen LogP contribution is -2.57. The van der Waals surface area contributed by atoms with Gasteiger partial charge in [-0.15, -0.1) is 0 Å². The van der Waals surface area contributed by atoms with Crippen molar-refractivity contribution in [3.8, 4) is 0 Å². The van der Waals surface area contributed by atoms with Gasteiger partial charge in [-0.2, -0.15) is 0 Å². The molecule has 1 unspecified atom stereocenters. The number of methoxy groups -OCH3 is 1. The van der Waals surface area contributed by atoms with Gasteiger partial charge in [-0.3, -0.25) is 4.79 Å². The van der Waals surface area contributed by atoms with Gasteiger partial charge in [-0.05, 0) is 47.0 Å². The van der Waals surface area contributed by atoms with Crippen LogP contribution in [-0.2, 0) is 19.0 Å². The molecule has 0 rings (SSSR count). The molecule has 0 bridgehead atoms. The molecule has 0 aromatic rings. The molecule has 132 valence electrons. The Labute approximate surface area is 136 Å². The van der Waals surface area contributed by atoms with E-state index in [4.69, 9.17) is 14.2 Å². The van der Waals surface area contributed by atoms with Crippen LogP contribution in [0.25, 0.3) is 0 Å². The number of carbonyl (C=O) groups excluding carboxylic acids is 1. The number of rotatable bonds is 11. The van der Waals surface area contributed by atoms with Gasteiger partial charge in [0.15, 0.2) is 0 Å². The third-order valence-corrected chi connectivity index (χ3v) is 5.26. The molecule has 22 heavy (non-hydrogen) atoms. The third kappa shape index (κ3) is 5.24. The van der Waals surface area contributed by atoms with Crippen LogP contribution in [0.1, 0.15) is 74.1 Å². The van der Waals surface area contributed by atoms with Crippen molar-refractivity contribution in [1.29, 1.82) is 0 Å². The number of esters is 1. The fraction of sp³-hybridized carbons (Fsp3) is 0.944. The van der Waals surface area contributed by atoms with Gasteiger partial charge >= 0.3 is 5.97 Å². The maximum Gasteiger partial charge on any atom is 0.306 e. The third-order valence-electron chi connectivity index (χ3n) is 5.26. The molecule has 0 aromatic heterocycles. The average molecular weight is 316 g/mol. The summed E-state index contributed by atoms with van der Waals surface area (Å²) < 4.78 is 16.9. The quantitative estimate of drug-likeness (QED) is 0.420. The van der Waals surface area contributed by atoms with Crippen molar-refractivity contribution in [3.05, 3.63) is 0 Å². The Morgan fingerprint density at radius 3 is 2.00 bits per heavy atom. The van der Waals surface area contributed by atoms with E-state index in [-0.39, 0.29) is 11.4 Å². The molecule has 4 heteroatoms. The van der Waals surface area contributed by atoms with E-state index in [0.29, 0.717) is 19.4 Å². The monoisotopic (exact) mass is 316 g/mol. The van der Waals surface area contributed by atoms with Crippen LogP contribution in [0.3, 0.4) is 0 Å². The number of ether oxygens (including phenoxy) is 3. The maximum atomic E-state index is 12.2. The molecule has 0 aromatic carbocycles. The van der Waals surface area contributed by atoms with E-state index in [2.05, 4.69) is 20.8 Å². The van der Waals surface area contributed by atoms with Gasteiger partial charge < -0.3 is 14.2 Å². The first-order valence-corrected chi connectivity index (χ1v) is 8.42. The van der Waals surface area contributed by atoms with Crippen LogP contribution in [0.5, 0.6) is 0 Å². The minimum Gasteiger partial charge on any atom is -0.459 e. The Morgan fingerprint density at radius 2 is 1.55 bits per heavy atom. The van der Waals surface area contributed by atoms with E-state index in [9.17, 15) is 4.79 Å². The lowest BCUT2D eigenvalue weighted by molar-refractivity contribution is -0.203. The molecule has 0 amide bonds. The number of hydrogen-bond donors (Lipinski definition) is 0. The SMILES string of the molecule is CCCOCCCC(=O)OC(C)(C)C(C)(CC)C(C)(C)OC. The van der Waals surface area contributed by atoms with E-state index < -0.39 is 11.2 Å². The standard InChI is InChI=1S/C18H36O4/c1-9-13-21-14-11-12-15(19)22-17(5,6)18(7,10-2)16(3,4)20-8/h9-14H2,1-8H3. The molecule has 0 radical (unpaired) electrons. The summed E-state index contributed by atoms with van der Waals surface area (Å²) in [7, 11) is 1.71. The number of hydrogen-bond acceptors (Lipinski definition) is 4. The van der Waals surface area contributed by atoms with Gasteiger partial charge in [0.2, 0.25) is 0 Å². The van der Waals surface area contributed by atoms with E-state index >= 15 is 0 Å². The molecule has 0 aliphatic heterocycles. The zero-order valence-corrected chi connectivity index (χ0v) is 15.9. The lowest BCUT2D eigenvalue weighted by atomic mass is 9.63. The molecular formula is C18H36O4. The molecule has 0 aliphatic rings. The summed E-state index contributed by atoms with van der Waals surface area (Å²) in [6.45, 7) is 15.7. The van der Waals surface area contributed by atoms with Crippen molar-refractivity contribution in [2.75, 3.05) is 20.3 Å². The van der Waals surface area contributed by atoms with Crippen molar-refractivity contribution in [3.63, 3.8) is 0 Å². The highest BCUT2D eigenvalue weighted by Gasteiger charge is 2.53. The molecule has 0 fully saturated rings. The van der Waals surface area contributed by atoms with Crippen molar-refractivity contribution >= 4 is 5.97 Å². The largest absolute Gasteiger partial charge is 0.459 e. The zero-order chi connectivity index (χ0) is 17.4. The smallest absolute Gasteiger partial charge is 0.306 e. The topological polar surface area (TPSA) is 44.8 Å². The van der Waals surface area contributed by atoms with Crippen molar-refractivity contribution in [2.45, 2.75) is 85.4 Å². The average Bonchev–Trinajstić information content (AvgIpc) is 2.45. The lowest BCUT2D eigenvalue weighted by Gasteiger charge is -2.52. The van der Waals surface area contributed by atoms with Crippen LogP contribution < -0.4 is 0 Å². The fourth-order valence-corrected chi connectivity index (χ4v) is 2.81. The fourth-order valence-electron chi connectivity index (χ4n) is 2.81. The highest BCUT2D eigenvalue weighted by Crippen LogP contribution is 2.47. The molecule has 1 atom stereocenters. The Bertz CT molecular complexity index is 336. The van der Waals surface area contributed by atoms with E-state index in [1.165, 1.54) is 0 Å². The summed E-state index contributed by atoms with van der Waals surface area (Å²) in [6, 6.07) is 0. The summed E-state index contributed by atoms with van der Waals surface area (Å²) >= 11 is 0. The minimum absolute atomic E-state index is 0.170. The van der Waals surface area contributed by atoms with Gasteiger partial charge in [-0.25, -0.2) is 0 Å². The van der Waals surface area contributed by atoms with Crippen molar-refractivity contribution in [2.24, 2.45) is 5.41 Å². The molecule has 0 saturated heterocycles. The van der Waals surface area contributed by atoms with Crippen LogP contribution in [0.2, 0.25) is 0 Å². The first-order chi connectivity index (χ1) is 10.1. The van der Waals surface area contributed by atoms with E-state index in [1.54, 1.807) is 7.11 Å². The van der Waals surface area contributed by atoms with Gasteiger partial charge in [0.1, 0.15) is 5.60 Å². The Morgan fingerprint density at radius 1 is 0.955 bits per heavy atom. The summed E-state index contributed by atoms with van der Waals surface area (Å²) in [5.74, 6) is -0.170. The molecule has 0 spiro atoms. The van der Waals surface area contributed by atoms with E-state index in [0.717, 1.165) is 19.4 Å². The summed E-state index contributed by atoms with van der Waals surface area (Å²) in [6.07, 6.45) is 2.94. The van der Waals surface area contributed by atoms with Crippen LogP contribution in [-0.4, -0.2) is 37.5 Å². The Balaban J connectivity index is 4.68. The molecule has 0 aliphatic carbocycles. The minimum atomic E-state index is -0.609. The van der Waals surface area contributed by atoms with Crippen LogP contribution in [0, 0.1) is 5.41 Å². The van der Waals surface area contributed by atoms with Crippen molar-refractivity contribution < 1.29 is 19.0 Å². The second-order valence-corrected chi connectivity index (χ2v) is 7.10. The molecular weight excluding hydrogens is 280 g/mol. The number of carbonyl (C=O) groups is 1. The molecule has 0 N–H and O–H groups in total. The summed E-state index contributed by atoms with van der Waals surface area (Å²) in [5, 5.41) is 0. The van der Waals surface area contributed by atoms with Crippen molar-refractivity contribution in [1.82, 2.24) is 0 Å². The normalized spacial score (nSPS) is 15.5. The van der Waals surface area contributed by atoms with Crippen LogP contribution in [0.15, 0.2) is 0 Å². The second kappa shape index (κ2) is 8.88. The first kappa shape index (κ1) is 21.4. The molecule has 0 heterocycles. The Kier molecular flexibility index (Phi) is 8.63.